The van der Waals surface area contributed by atoms with Crippen molar-refractivity contribution >= 4 is 17.7 Å². The fraction of sp³-hybridized carbons (Fsp3) is 0.286. The number of rotatable bonds is 9. The van der Waals surface area contributed by atoms with Crippen LogP contribution in [0.1, 0.15) is 11.6 Å². The molecule has 29 heavy (non-hydrogen) atoms. The lowest BCUT2D eigenvalue weighted by molar-refractivity contribution is -0.890. The standard InChI is InChI=1S/C21H25N5O2S/c1-25(2)18(16-9-5-4-6-10-16)13-22-20(27)14-29-21-24-23-15-26(21)17-11-7-8-12-19(17)28-3/h4-12,15,18H,13-14H2,1-3H3,(H,22,27)/p+1/t18-/m0/s1. The summed E-state index contributed by atoms with van der Waals surface area (Å²) in [6.07, 6.45) is 1.62. The lowest BCUT2D eigenvalue weighted by Crippen LogP contribution is -3.07. The Morgan fingerprint density at radius 3 is 2.62 bits per heavy atom. The Kier molecular flexibility index (Phi) is 7.26. The van der Waals surface area contributed by atoms with Crippen molar-refractivity contribution in [3.05, 3.63) is 66.5 Å². The molecule has 0 bridgehead atoms. The molecule has 0 aliphatic carbocycles. The van der Waals surface area contributed by atoms with E-state index in [4.69, 9.17) is 4.74 Å². The number of carbonyl (C=O) groups is 1. The summed E-state index contributed by atoms with van der Waals surface area (Å²) in [7, 11) is 5.81. The predicted molar refractivity (Wildman–Crippen MR) is 114 cm³/mol. The highest BCUT2D eigenvalue weighted by atomic mass is 32.2. The Hall–Kier alpha value is -2.84. The van der Waals surface area contributed by atoms with Crippen LogP contribution in [0.4, 0.5) is 0 Å². The molecule has 3 rings (SSSR count). The molecule has 1 amide bonds. The maximum absolute atomic E-state index is 12.4. The van der Waals surface area contributed by atoms with Crippen LogP contribution in [-0.2, 0) is 4.79 Å². The van der Waals surface area contributed by atoms with Crippen LogP contribution in [-0.4, -0.2) is 54.2 Å². The summed E-state index contributed by atoms with van der Waals surface area (Å²) in [5.41, 5.74) is 2.04. The molecule has 1 atom stereocenters. The first-order chi connectivity index (χ1) is 14.1. The largest absolute Gasteiger partial charge is 0.495 e. The lowest BCUT2D eigenvalue weighted by Gasteiger charge is -2.22. The number of ether oxygens (including phenoxy) is 1. The molecule has 2 aromatic carbocycles. The number of quaternary nitrogens is 1. The van der Waals surface area contributed by atoms with Crippen molar-refractivity contribution in [1.29, 1.82) is 0 Å². The number of nitrogens with one attached hydrogen (secondary N) is 2. The Morgan fingerprint density at radius 1 is 1.17 bits per heavy atom. The minimum Gasteiger partial charge on any atom is -0.495 e. The predicted octanol–water partition coefficient (Wildman–Crippen LogP) is 1.37. The number of carbonyl (C=O) groups excluding carboxylic acids is 1. The maximum Gasteiger partial charge on any atom is 0.230 e. The zero-order chi connectivity index (χ0) is 20.6. The summed E-state index contributed by atoms with van der Waals surface area (Å²) in [6.45, 7) is 0.574. The number of likely N-dealkylation sites (N-methyl/N-ethyl adjacent to an activating group) is 1. The fourth-order valence-electron chi connectivity index (χ4n) is 3.05. The average molecular weight is 413 g/mol. The quantitative estimate of drug-likeness (QED) is 0.520. The van der Waals surface area contributed by atoms with E-state index in [9.17, 15) is 4.79 Å². The number of nitrogens with zero attached hydrogens (tertiary/aromatic N) is 3. The zero-order valence-electron chi connectivity index (χ0n) is 16.8. The Bertz CT molecular complexity index is 930. The SMILES string of the molecule is COc1ccccc1-n1cnnc1SCC(=O)NC[C@@H](c1ccccc1)[NH+](C)C. The highest BCUT2D eigenvalue weighted by Gasteiger charge is 2.19. The summed E-state index contributed by atoms with van der Waals surface area (Å²) in [5.74, 6) is 0.947. The molecule has 152 valence electrons. The molecule has 0 aliphatic heterocycles. The van der Waals surface area contributed by atoms with Gasteiger partial charge in [0.15, 0.2) is 5.16 Å². The molecule has 7 nitrogen and oxygen atoms in total. The van der Waals surface area contributed by atoms with Crippen LogP contribution in [0.3, 0.4) is 0 Å². The maximum atomic E-state index is 12.4. The third-order valence-electron chi connectivity index (χ3n) is 4.60. The molecule has 3 aromatic rings. The van der Waals surface area contributed by atoms with Gasteiger partial charge in [-0.15, -0.1) is 10.2 Å². The van der Waals surface area contributed by atoms with E-state index in [-0.39, 0.29) is 17.7 Å². The van der Waals surface area contributed by atoms with Gasteiger partial charge in [0.1, 0.15) is 18.1 Å². The molecule has 0 unspecified atom stereocenters. The molecular formula is C21H26N5O2S+. The second-order valence-corrected chi connectivity index (χ2v) is 7.73. The van der Waals surface area contributed by atoms with Gasteiger partial charge in [-0.2, -0.15) is 0 Å². The van der Waals surface area contributed by atoms with Crippen molar-refractivity contribution < 1.29 is 14.4 Å². The van der Waals surface area contributed by atoms with E-state index in [0.717, 1.165) is 11.4 Å². The molecule has 0 aliphatic rings. The molecule has 0 radical (unpaired) electrons. The van der Waals surface area contributed by atoms with Crippen LogP contribution in [0.15, 0.2) is 66.1 Å². The fourth-order valence-corrected chi connectivity index (χ4v) is 3.81. The minimum atomic E-state index is -0.0354. The number of thioether (sulfide) groups is 1. The van der Waals surface area contributed by atoms with Gasteiger partial charge in [-0.1, -0.05) is 54.2 Å². The van der Waals surface area contributed by atoms with Crippen LogP contribution in [0.25, 0.3) is 5.69 Å². The lowest BCUT2D eigenvalue weighted by atomic mass is 10.1. The summed E-state index contributed by atoms with van der Waals surface area (Å²) in [4.78, 5) is 13.7. The summed E-state index contributed by atoms with van der Waals surface area (Å²) in [5, 5.41) is 11.8. The van der Waals surface area contributed by atoms with Crippen LogP contribution in [0.5, 0.6) is 5.75 Å². The number of benzene rings is 2. The van der Waals surface area contributed by atoms with Gasteiger partial charge < -0.3 is 15.0 Å². The number of methoxy groups -OCH3 is 1. The van der Waals surface area contributed by atoms with Crippen molar-refractivity contribution in [3.8, 4) is 11.4 Å². The molecule has 0 saturated carbocycles. The normalized spacial score (nSPS) is 12.0. The molecule has 8 heteroatoms. The first-order valence-electron chi connectivity index (χ1n) is 9.38. The van der Waals surface area contributed by atoms with Crippen molar-refractivity contribution in [2.45, 2.75) is 11.2 Å². The second-order valence-electron chi connectivity index (χ2n) is 6.79. The molecule has 1 heterocycles. The number of aromatic nitrogens is 3. The summed E-state index contributed by atoms with van der Waals surface area (Å²) in [6, 6.07) is 18.1. The third-order valence-corrected chi connectivity index (χ3v) is 5.54. The van der Waals surface area contributed by atoms with Crippen LogP contribution < -0.4 is 15.0 Å². The first kappa shape index (κ1) is 20.9. The highest BCUT2D eigenvalue weighted by molar-refractivity contribution is 7.99. The van der Waals surface area contributed by atoms with E-state index in [2.05, 4.69) is 41.7 Å². The monoisotopic (exact) mass is 412 g/mol. The number of hydrogen-bond acceptors (Lipinski definition) is 5. The van der Waals surface area contributed by atoms with Crippen LogP contribution >= 0.6 is 11.8 Å². The van der Waals surface area contributed by atoms with E-state index in [1.54, 1.807) is 13.4 Å². The van der Waals surface area contributed by atoms with Crippen molar-refractivity contribution in [2.75, 3.05) is 33.5 Å². The van der Waals surface area contributed by atoms with Gasteiger partial charge in [0.25, 0.3) is 0 Å². The van der Waals surface area contributed by atoms with E-state index < -0.39 is 0 Å². The summed E-state index contributed by atoms with van der Waals surface area (Å²) >= 11 is 1.35. The van der Waals surface area contributed by atoms with E-state index in [1.807, 2.05) is 47.0 Å². The molecule has 1 aromatic heterocycles. The topological polar surface area (TPSA) is 73.5 Å². The second kappa shape index (κ2) is 10.1. The minimum absolute atomic E-state index is 0.0354. The number of hydrogen-bond donors (Lipinski definition) is 2. The molecule has 0 saturated heterocycles. The van der Waals surface area contributed by atoms with E-state index in [0.29, 0.717) is 11.7 Å². The third kappa shape index (κ3) is 5.36. The Balaban J connectivity index is 1.60. The van der Waals surface area contributed by atoms with Gasteiger partial charge in [-0.05, 0) is 12.1 Å². The Morgan fingerprint density at radius 2 is 1.90 bits per heavy atom. The van der Waals surface area contributed by atoms with Gasteiger partial charge in [0.05, 0.1) is 39.2 Å². The van der Waals surface area contributed by atoms with Crippen molar-refractivity contribution in [2.24, 2.45) is 0 Å². The molecule has 0 fully saturated rings. The molecule has 2 N–H and O–H groups in total. The van der Waals surface area contributed by atoms with Crippen LogP contribution in [0.2, 0.25) is 0 Å². The van der Waals surface area contributed by atoms with Gasteiger partial charge in [0, 0.05) is 5.56 Å². The molecular weight excluding hydrogens is 386 g/mol. The Labute approximate surface area is 175 Å². The molecule has 0 spiro atoms. The first-order valence-corrected chi connectivity index (χ1v) is 10.4. The van der Waals surface area contributed by atoms with Gasteiger partial charge in [-0.25, -0.2) is 0 Å². The number of para-hydroxylation sites is 2. The van der Waals surface area contributed by atoms with E-state index in [1.165, 1.54) is 22.2 Å². The van der Waals surface area contributed by atoms with Gasteiger partial charge in [-0.3, -0.25) is 9.36 Å². The number of amides is 1. The van der Waals surface area contributed by atoms with E-state index >= 15 is 0 Å². The zero-order valence-corrected chi connectivity index (χ0v) is 17.6. The average Bonchev–Trinajstić information content (AvgIpc) is 3.21. The van der Waals surface area contributed by atoms with Crippen molar-refractivity contribution in [3.63, 3.8) is 0 Å². The van der Waals surface area contributed by atoms with Gasteiger partial charge in [0.2, 0.25) is 5.91 Å². The van der Waals surface area contributed by atoms with Crippen LogP contribution in [0, 0.1) is 0 Å². The van der Waals surface area contributed by atoms with Crippen molar-refractivity contribution in [1.82, 2.24) is 20.1 Å². The summed E-state index contributed by atoms with van der Waals surface area (Å²) < 4.78 is 7.24. The smallest absolute Gasteiger partial charge is 0.230 e. The van der Waals surface area contributed by atoms with Gasteiger partial charge >= 0.3 is 0 Å². The highest BCUT2D eigenvalue weighted by Crippen LogP contribution is 2.26.